The van der Waals surface area contributed by atoms with Crippen LogP contribution in [0, 0.1) is 0 Å². The van der Waals surface area contributed by atoms with Gasteiger partial charge in [0, 0.05) is 0 Å². The molecule has 0 saturated carbocycles. The third-order valence-electron chi connectivity index (χ3n) is 10.4. The van der Waals surface area contributed by atoms with Crippen LogP contribution in [0.3, 0.4) is 0 Å². The maximum atomic E-state index is 8.24. The first-order valence-electron chi connectivity index (χ1n) is 15.8. The van der Waals surface area contributed by atoms with Crippen molar-refractivity contribution in [3.05, 3.63) is 155 Å². The van der Waals surface area contributed by atoms with Crippen LogP contribution in [-0.2, 0) is 12.7 Å². The molecule has 45 heavy (non-hydrogen) atoms. The van der Waals surface area contributed by atoms with Gasteiger partial charge < -0.3 is 0 Å². The van der Waals surface area contributed by atoms with Crippen LogP contribution >= 0.6 is 18.6 Å². The summed E-state index contributed by atoms with van der Waals surface area (Å²) in [6.45, 7) is 6.57. The van der Waals surface area contributed by atoms with E-state index in [1.807, 2.05) is 0 Å². The third kappa shape index (κ3) is 4.27. The molecule has 2 unspecified atom stereocenters. The molecule has 6 aromatic carbocycles. The van der Waals surface area contributed by atoms with Crippen molar-refractivity contribution in [2.75, 3.05) is 0 Å². The number of rotatable bonds is 4. The molecular weight excluding hydrogens is 623 g/mol. The van der Waals surface area contributed by atoms with Gasteiger partial charge >= 0.3 is 276 Å². The SMILES string of the molecule is C[CH]=[Ti]([Cl])([Cl])([CH]1C(C)=Cc2c(-c3cccc4ccccc34)cccc21)[CH]1C(C)=Cc2c(-c3cccc4ccccc34)cccc21. The second-order valence-electron chi connectivity index (χ2n) is 12.8. The Kier molecular flexibility index (Phi) is 6.76. The van der Waals surface area contributed by atoms with Gasteiger partial charge in [-0.1, -0.05) is 0 Å². The zero-order valence-corrected chi connectivity index (χ0v) is 28.8. The molecule has 0 radical (unpaired) electrons. The summed E-state index contributed by atoms with van der Waals surface area (Å²) in [7, 11) is 16.5. The van der Waals surface area contributed by atoms with Gasteiger partial charge in [0.15, 0.2) is 0 Å². The molecule has 2 aliphatic rings. The first-order valence-corrected chi connectivity index (χ1v) is 22.8. The Morgan fingerprint density at radius 1 is 0.489 bits per heavy atom. The van der Waals surface area contributed by atoms with E-state index in [1.165, 1.54) is 77.2 Å². The Labute approximate surface area is 273 Å². The van der Waals surface area contributed by atoms with E-state index >= 15 is 0 Å². The van der Waals surface area contributed by atoms with Gasteiger partial charge in [0.25, 0.3) is 0 Å². The molecule has 0 nitrogen and oxygen atoms in total. The molecule has 0 amide bonds. The van der Waals surface area contributed by atoms with E-state index in [9.17, 15) is 0 Å². The van der Waals surface area contributed by atoms with Crippen molar-refractivity contribution < 1.29 is 12.7 Å². The summed E-state index contributed by atoms with van der Waals surface area (Å²) in [5.41, 5.74) is 12.5. The van der Waals surface area contributed by atoms with Crippen LogP contribution in [0.25, 0.3) is 56.0 Å². The van der Waals surface area contributed by atoms with Gasteiger partial charge in [-0.15, -0.1) is 0 Å². The second-order valence-corrected chi connectivity index (χ2v) is 27.1. The summed E-state index contributed by atoms with van der Waals surface area (Å²) in [5.74, 6) is 0. The fourth-order valence-electron chi connectivity index (χ4n) is 8.46. The molecule has 220 valence electrons. The summed E-state index contributed by atoms with van der Waals surface area (Å²) in [4.78, 5) is 0. The Balaban J connectivity index is 1.31. The third-order valence-corrected chi connectivity index (χ3v) is 23.3. The van der Waals surface area contributed by atoms with E-state index in [-0.39, 0.29) is 8.45 Å². The van der Waals surface area contributed by atoms with Crippen molar-refractivity contribution in [3.8, 4) is 22.3 Å². The first-order chi connectivity index (χ1) is 21.8. The topological polar surface area (TPSA) is 0 Å². The first kappa shape index (κ1) is 28.9. The number of fused-ring (bicyclic) bond motifs is 4. The van der Waals surface area contributed by atoms with E-state index in [1.54, 1.807) is 0 Å². The number of hydrogen-bond acceptors (Lipinski definition) is 0. The predicted octanol–water partition coefficient (Wildman–Crippen LogP) is 12.8. The molecule has 0 fully saturated rings. The van der Waals surface area contributed by atoms with Gasteiger partial charge in [-0.2, -0.15) is 0 Å². The summed E-state index contributed by atoms with van der Waals surface area (Å²) >= 11 is -4.62. The van der Waals surface area contributed by atoms with Crippen LogP contribution in [0.1, 0.15) is 51.5 Å². The molecule has 0 spiro atoms. The van der Waals surface area contributed by atoms with Crippen LogP contribution < -0.4 is 0 Å². The van der Waals surface area contributed by atoms with Gasteiger partial charge in [0.05, 0.1) is 0 Å². The zero-order chi connectivity index (χ0) is 30.9. The molecule has 0 aliphatic heterocycles. The molecule has 0 saturated heterocycles. The van der Waals surface area contributed by atoms with Crippen LogP contribution in [0.2, 0.25) is 0 Å². The summed E-state index contributed by atoms with van der Waals surface area (Å²) < 4.78 is 2.16. The van der Waals surface area contributed by atoms with Gasteiger partial charge in [0.1, 0.15) is 0 Å². The average molecular weight is 658 g/mol. The normalized spacial score (nSPS) is 17.6. The minimum atomic E-state index is -4.62. The Bertz CT molecular complexity index is 2160. The van der Waals surface area contributed by atoms with Crippen LogP contribution in [0.5, 0.6) is 0 Å². The molecular formula is C42H34Cl2Ti. The molecule has 3 heteroatoms. The fraction of sp³-hybridized carbons (Fsp3) is 0.119. The van der Waals surface area contributed by atoms with Crippen molar-refractivity contribution in [1.29, 1.82) is 0 Å². The molecule has 2 atom stereocenters. The van der Waals surface area contributed by atoms with Gasteiger partial charge in [-0.3, -0.25) is 0 Å². The standard InChI is InChI=1S/2C20H15.C2H4.2ClH.Ti/c2*1-14-12-16-8-5-11-19(20(16)13-14)18-10-4-7-15-6-2-3-9-17(15)18;1-2;;;/h2*2-13H,1H3;1H,2H3;2*1H;/q;;;;;+2/p-2. The van der Waals surface area contributed by atoms with Crippen molar-refractivity contribution in [2.24, 2.45) is 0 Å². The maximum absolute atomic E-state index is 8.24. The van der Waals surface area contributed by atoms with Crippen LogP contribution in [0.4, 0.5) is 0 Å². The molecule has 0 bridgehead atoms. The number of benzene rings is 6. The number of allylic oxidation sites excluding steroid dienone is 2. The monoisotopic (exact) mass is 656 g/mol. The Hall–Kier alpha value is -3.52. The van der Waals surface area contributed by atoms with Crippen LogP contribution in [-0.4, -0.2) is 4.31 Å². The molecule has 2 aliphatic carbocycles. The van der Waals surface area contributed by atoms with Gasteiger partial charge in [-0.05, 0) is 0 Å². The van der Waals surface area contributed by atoms with Gasteiger partial charge in [-0.25, -0.2) is 0 Å². The number of hydrogen-bond donors (Lipinski definition) is 0. The average Bonchev–Trinajstić information content (AvgIpc) is 3.61. The Morgan fingerprint density at radius 2 is 0.867 bits per heavy atom. The fourth-order valence-corrected chi connectivity index (χ4v) is 20.4. The van der Waals surface area contributed by atoms with Crippen molar-refractivity contribution >= 4 is 56.6 Å². The van der Waals surface area contributed by atoms with Gasteiger partial charge in [0.2, 0.25) is 0 Å². The van der Waals surface area contributed by atoms with Crippen LogP contribution in [0.15, 0.2) is 132 Å². The molecule has 8 rings (SSSR count). The number of halogens is 2. The van der Waals surface area contributed by atoms with E-state index < -0.39 is 12.7 Å². The van der Waals surface area contributed by atoms with E-state index in [0.29, 0.717) is 0 Å². The summed E-state index contributed by atoms with van der Waals surface area (Å²) in [6, 6.07) is 43.8. The molecule has 0 heterocycles. The van der Waals surface area contributed by atoms with Crippen molar-refractivity contribution in [3.63, 3.8) is 0 Å². The van der Waals surface area contributed by atoms with Crippen molar-refractivity contribution in [1.82, 2.24) is 0 Å². The van der Waals surface area contributed by atoms with Crippen molar-refractivity contribution in [2.45, 2.75) is 29.2 Å². The van der Waals surface area contributed by atoms with E-state index in [0.717, 1.165) is 0 Å². The molecule has 0 N–H and O–H groups in total. The summed E-state index contributed by atoms with van der Waals surface area (Å²) in [5, 5.41) is 5.00. The minimum absolute atomic E-state index is 0.0410. The van der Waals surface area contributed by atoms with E-state index in [4.69, 9.17) is 18.6 Å². The quantitative estimate of drug-likeness (QED) is 0.166. The molecule has 6 aromatic rings. The van der Waals surface area contributed by atoms with E-state index in [2.05, 4.69) is 159 Å². The predicted molar refractivity (Wildman–Crippen MR) is 195 cm³/mol. The molecule has 0 aromatic heterocycles. The Morgan fingerprint density at radius 3 is 1.31 bits per heavy atom. The second kappa shape index (κ2) is 10.5. The zero-order valence-electron chi connectivity index (χ0n) is 25.7. The summed E-state index contributed by atoms with van der Waals surface area (Å²) in [6.07, 6.45) is 4.71.